The largest absolute Gasteiger partial charge is 0.491 e. The highest BCUT2D eigenvalue weighted by molar-refractivity contribution is 7.10. The van der Waals surface area contributed by atoms with Crippen LogP contribution >= 0.6 is 11.3 Å². The summed E-state index contributed by atoms with van der Waals surface area (Å²) in [4.78, 5) is 31.6. The lowest BCUT2D eigenvalue weighted by atomic mass is 10.0. The maximum Gasteiger partial charge on any atom is 0.322 e. The van der Waals surface area contributed by atoms with Crippen LogP contribution in [-0.2, 0) is 11.2 Å². The van der Waals surface area contributed by atoms with Gasteiger partial charge in [0.25, 0.3) is 0 Å². The molecule has 2 aromatic carbocycles. The number of hydrogen-bond donors (Lipinski definition) is 1. The fourth-order valence-corrected chi connectivity index (χ4v) is 5.43. The minimum atomic E-state index is -0.217. The molecule has 2 aliphatic rings. The molecule has 0 spiro atoms. The third-order valence-electron chi connectivity index (χ3n) is 6.70. The normalized spacial score (nSPS) is 17.0. The number of carbonyl (C=O) groups excluding carboxylic acids is 2. The van der Waals surface area contributed by atoms with Crippen LogP contribution in [0.4, 0.5) is 10.5 Å². The first-order chi connectivity index (χ1) is 17.0. The Hall–Kier alpha value is -3.32. The van der Waals surface area contributed by atoms with Crippen LogP contribution in [0.25, 0.3) is 0 Å². The monoisotopic (exact) mass is 489 g/mol. The summed E-state index contributed by atoms with van der Waals surface area (Å²) in [7, 11) is 0. The first-order valence-corrected chi connectivity index (χ1v) is 13.1. The number of carbonyl (C=O) groups is 2. The fourth-order valence-electron chi connectivity index (χ4n) is 4.51. The van der Waals surface area contributed by atoms with E-state index in [9.17, 15) is 9.59 Å². The smallest absolute Gasteiger partial charge is 0.322 e. The van der Waals surface area contributed by atoms with Crippen LogP contribution in [-0.4, -0.2) is 47.5 Å². The van der Waals surface area contributed by atoms with Crippen molar-refractivity contribution in [2.45, 2.75) is 45.2 Å². The van der Waals surface area contributed by atoms with Crippen molar-refractivity contribution in [2.24, 2.45) is 0 Å². The molecule has 7 heteroatoms. The summed E-state index contributed by atoms with van der Waals surface area (Å²) >= 11 is 1.73. The maximum absolute atomic E-state index is 13.6. The molecule has 1 atom stereocenters. The number of anilines is 1. The maximum atomic E-state index is 13.6. The Bertz CT molecular complexity index is 1180. The molecular formula is C28H31N3O3S. The Morgan fingerprint density at radius 2 is 1.71 bits per heavy atom. The van der Waals surface area contributed by atoms with Gasteiger partial charge < -0.3 is 19.9 Å². The third kappa shape index (κ3) is 5.51. The molecule has 182 valence electrons. The minimum Gasteiger partial charge on any atom is -0.491 e. The molecule has 0 saturated heterocycles. The van der Waals surface area contributed by atoms with Crippen molar-refractivity contribution in [1.82, 2.24) is 9.80 Å². The lowest BCUT2D eigenvalue weighted by molar-refractivity contribution is -0.135. The molecule has 1 aliphatic heterocycles. The standard InChI is InChI=1S/C28H31N3O3S/c1-19-3-7-21(8-4-19)29-28(33)31(22-9-10-22)17-27(32)30-15-13-26-24(14-16-35-26)25(30)18-34-23-11-5-20(2)6-12-23/h3-8,11-12,14,16,22,25H,9-10,13,15,17-18H2,1-2H3,(H,29,33)/t25-/m1/s1. The number of nitrogens with zero attached hydrogens (tertiary/aromatic N) is 2. The second-order valence-electron chi connectivity index (χ2n) is 9.43. The van der Waals surface area contributed by atoms with Crippen molar-refractivity contribution in [3.63, 3.8) is 0 Å². The second kappa shape index (κ2) is 10.1. The number of ether oxygens (including phenoxy) is 1. The number of hydrogen-bond acceptors (Lipinski definition) is 4. The van der Waals surface area contributed by atoms with E-state index < -0.39 is 0 Å². The van der Waals surface area contributed by atoms with Crippen molar-refractivity contribution in [2.75, 3.05) is 25.0 Å². The summed E-state index contributed by atoms with van der Waals surface area (Å²) in [5.41, 5.74) is 4.21. The molecule has 35 heavy (non-hydrogen) atoms. The molecule has 1 fully saturated rings. The van der Waals surface area contributed by atoms with E-state index in [0.717, 1.165) is 41.8 Å². The number of amides is 3. The molecule has 3 amide bonds. The number of benzene rings is 2. The molecule has 5 rings (SSSR count). The fraction of sp³-hybridized carbons (Fsp3) is 0.357. The van der Waals surface area contributed by atoms with Crippen LogP contribution in [0.1, 0.15) is 40.5 Å². The van der Waals surface area contributed by atoms with Gasteiger partial charge >= 0.3 is 6.03 Å². The van der Waals surface area contributed by atoms with E-state index in [1.54, 1.807) is 16.2 Å². The van der Waals surface area contributed by atoms with E-state index in [4.69, 9.17) is 4.74 Å². The summed E-state index contributed by atoms with van der Waals surface area (Å²) in [6.07, 6.45) is 2.70. The van der Waals surface area contributed by atoms with E-state index in [2.05, 4.69) is 16.8 Å². The van der Waals surface area contributed by atoms with Gasteiger partial charge in [-0.15, -0.1) is 11.3 Å². The van der Waals surface area contributed by atoms with Gasteiger partial charge in [-0.05, 0) is 74.4 Å². The van der Waals surface area contributed by atoms with Crippen LogP contribution in [0, 0.1) is 13.8 Å². The molecule has 1 aliphatic carbocycles. The van der Waals surface area contributed by atoms with Gasteiger partial charge in [-0.25, -0.2) is 4.79 Å². The SMILES string of the molecule is Cc1ccc(NC(=O)N(CC(=O)N2CCc3sccc3[C@H]2COc2ccc(C)cc2)C2CC2)cc1. The average Bonchev–Trinajstić information content (AvgIpc) is 3.58. The molecule has 1 aromatic heterocycles. The number of nitrogens with one attached hydrogen (secondary N) is 1. The van der Waals surface area contributed by atoms with Crippen LogP contribution in [0.15, 0.2) is 60.0 Å². The van der Waals surface area contributed by atoms with Gasteiger partial charge in [0, 0.05) is 23.2 Å². The van der Waals surface area contributed by atoms with Crippen LogP contribution in [0.2, 0.25) is 0 Å². The molecule has 2 heterocycles. The number of aryl methyl sites for hydroxylation is 2. The van der Waals surface area contributed by atoms with E-state index in [1.807, 2.05) is 67.3 Å². The number of fused-ring (bicyclic) bond motifs is 1. The topological polar surface area (TPSA) is 61.9 Å². The predicted molar refractivity (Wildman–Crippen MR) is 139 cm³/mol. The van der Waals surface area contributed by atoms with E-state index in [-0.39, 0.29) is 30.6 Å². The van der Waals surface area contributed by atoms with Gasteiger partial charge in [0.05, 0.1) is 6.04 Å². The van der Waals surface area contributed by atoms with Gasteiger partial charge in [0.2, 0.25) is 5.91 Å². The van der Waals surface area contributed by atoms with Gasteiger partial charge in [-0.2, -0.15) is 0 Å². The highest BCUT2D eigenvalue weighted by Crippen LogP contribution is 2.35. The summed E-state index contributed by atoms with van der Waals surface area (Å²) in [6, 6.07) is 17.5. The van der Waals surface area contributed by atoms with Crippen LogP contribution in [0.3, 0.4) is 0 Å². The molecule has 3 aromatic rings. The zero-order chi connectivity index (χ0) is 24.4. The predicted octanol–water partition coefficient (Wildman–Crippen LogP) is 5.57. The lowest BCUT2D eigenvalue weighted by Gasteiger charge is -2.37. The number of thiophene rings is 1. The van der Waals surface area contributed by atoms with Crippen LogP contribution in [0.5, 0.6) is 5.75 Å². The second-order valence-corrected chi connectivity index (χ2v) is 10.4. The minimum absolute atomic E-state index is 0.0367. The lowest BCUT2D eigenvalue weighted by Crippen LogP contribution is -2.49. The van der Waals surface area contributed by atoms with Crippen molar-refractivity contribution >= 4 is 29.0 Å². The first kappa shape index (κ1) is 23.4. The van der Waals surface area contributed by atoms with Gasteiger partial charge in [0.1, 0.15) is 18.9 Å². The summed E-state index contributed by atoms with van der Waals surface area (Å²) in [5.74, 6) is 0.757. The Morgan fingerprint density at radius 1 is 1.03 bits per heavy atom. The summed E-state index contributed by atoms with van der Waals surface area (Å²) in [6.45, 7) is 5.15. The van der Waals surface area contributed by atoms with Crippen molar-refractivity contribution in [1.29, 1.82) is 0 Å². The highest BCUT2D eigenvalue weighted by Gasteiger charge is 2.38. The zero-order valence-corrected chi connectivity index (χ0v) is 21.0. The van der Waals surface area contributed by atoms with Gasteiger partial charge in [0.15, 0.2) is 0 Å². The zero-order valence-electron chi connectivity index (χ0n) is 20.2. The first-order valence-electron chi connectivity index (χ1n) is 12.2. The Balaban J connectivity index is 1.29. The van der Waals surface area contributed by atoms with E-state index >= 15 is 0 Å². The molecule has 6 nitrogen and oxygen atoms in total. The van der Waals surface area contributed by atoms with Gasteiger partial charge in [-0.1, -0.05) is 35.4 Å². The number of urea groups is 1. The third-order valence-corrected chi connectivity index (χ3v) is 7.70. The molecule has 0 bridgehead atoms. The molecule has 0 unspecified atom stereocenters. The average molecular weight is 490 g/mol. The summed E-state index contributed by atoms with van der Waals surface area (Å²) < 4.78 is 6.13. The Kier molecular flexibility index (Phi) is 6.77. The van der Waals surface area contributed by atoms with Crippen molar-refractivity contribution in [3.05, 3.63) is 81.5 Å². The molecule has 1 saturated carbocycles. The van der Waals surface area contributed by atoms with Crippen molar-refractivity contribution in [3.8, 4) is 5.75 Å². The van der Waals surface area contributed by atoms with Crippen LogP contribution < -0.4 is 10.1 Å². The highest BCUT2D eigenvalue weighted by atomic mass is 32.1. The molecular weight excluding hydrogens is 458 g/mol. The van der Waals surface area contributed by atoms with Crippen molar-refractivity contribution < 1.29 is 14.3 Å². The Morgan fingerprint density at radius 3 is 2.40 bits per heavy atom. The quantitative estimate of drug-likeness (QED) is 0.472. The van der Waals surface area contributed by atoms with Gasteiger partial charge in [-0.3, -0.25) is 4.79 Å². The molecule has 0 radical (unpaired) electrons. The van der Waals surface area contributed by atoms with E-state index in [0.29, 0.717) is 13.2 Å². The number of rotatable bonds is 7. The Labute approximate surface area is 210 Å². The summed E-state index contributed by atoms with van der Waals surface area (Å²) in [5, 5.41) is 5.05. The van der Waals surface area contributed by atoms with E-state index in [1.165, 1.54) is 10.4 Å². The molecule has 1 N–H and O–H groups in total.